The lowest BCUT2D eigenvalue weighted by atomic mass is 9.97. The summed E-state index contributed by atoms with van der Waals surface area (Å²) in [5.41, 5.74) is 0. The summed E-state index contributed by atoms with van der Waals surface area (Å²) in [5.74, 6) is 0. The molecule has 0 spiro atoms. The second-order valence-electron chi connectivity index (χ2n) is 5.23. The number of hydrogen-bond donors (Lipinski definition) is 1. The molecule has 2 rings (SSSR count). The second kappa shape index (κ2) is 5.86. The predicted octanol–water partition coefficient (Wildman–Crippen LogP) is 2.39. The van der Waals surface area contributed by atoms with E-state index >= 15 is 0 Å². The monoisotopic (exact) mass is 210 g/mol. The van der Waals surface area contributed by atoms with E-state index in [4.69, 9.17) is 0 Å². The molecule has 0 aromatic carbocycles. The van der Waals surface area contributed by atoms with Gasteiger partial charge in [0, 0.05) is 18.6 Å². The van der Waals surface area contributed by atoms with Crippen LogP contribution in [0.1, 0.15) is 51.9 Å². The molecule has 15 heavy (non-hydrogen) atoms. The van der Waals surface area contributed by atoms with Crippen molar-refractivity contribution in [1.29, 1.82) is 0 Å². The molecule has 2 heterocycles. The van der Waals surface area contributed by atoms with Gasteiger partial charge in [0.1, 0.15) is 0 Å². The number of likely N-dealkylation sites (tertiary alicyclic amines) is 1. The Morgan fingerprint density at radius 1 is 1.20 bits per heavy atom. The highest BCUT2D eigenvalue weighted by molar-refractivity contribution is 4.83. The van der Waals surface area contributed by atoms with Crippen LogP contribution in [0.5, 0.6) is 0 Å². The van der Waals surface area contributed by atoms with Crippen molar-refractivity contribution in [2.45, 2.75) is 64.0 Å². The molecule has 2 atom stereocenters. The number of rotatable bonds is 4. The zero-order valence-electron chi connectivity index (χ0n) is 10.2. The Hall–Kier alpha value is -0.0800. The topological polar surface area (TPSA) is 15.3 Å². The maximum Gasteiger partial charge on any atom is 0.0195 e. The fourth-order valence-corrected chi connectivity index (χ4v) is 3.16. The fourth-order valence-electron chi connectivity index (χ4n) is 3.16. The van der Waals surface area contributed by atoms with Gasteiger partial charge in [0.25, 0.3) is 0 Å². The summed E-state index contributed by atoms with van der Waals surface area (Å²) in [5, 5.41) is 3.62. The summed E-state index contributed by atoms with van der Waals surface area (Å²) >= 11 is 0. The summed E-state index contributed by atoms with van der Waals surface area (Å²) in [6, 6.07) is 1.69. The summed E-state index contributed by atoms with van der Waals surface area (Å²) in [6.07, 6.45) is 9.87. The first kappa shape index (κ1) is 11.4. The van der Waals surface area contributed by atoms with Crippen molar-refractivity contribution in [2.24, 2.45) is 0 Å². The molecule has 0 aromatic heterocycles. The molecule has 0 aliphatic carbocycles. The molecule has 0 radical (unpaired) electrons. The van der Waals surface area contributed by atoms with E-state index in [1.807, 2.05) is 0 Å². The Bertz CT molecular complexity index is 173. The van der Waals surface area contributed by atoms with E-state index < -0.39 is 0 Å². The van der Waals surface area contributed by atoms with E-state index in [-0.39, 0.29) is 0 Å². The Morgan fingerprint density at radius 2 is 2.13 bits per heavy atom. The standard InChI is InChI=1S/C13H26N2/c1-2-6-13-8-3-4-10-15(13)11-12-7-5-9-14-12/h12-14H,2-11H2,1H3. The highest BCUT2D eigenvalue weighted by Crippen LogP contribution is 2.22. The first-order valence-corrected chi connectivity index (χ1v) is 6.87. The molecule has 2 saturated heterocycles. The molecule has 88 valence electrons. The van der Waals surface area contributed by atoms with Gasteiger partial charge in [-0.2, -0.15) is 0 Å². The van der Waals surface area contributed by atoms with Crippen LogP contribution in [-0.4, -0.2) is 36.6 Å². The molecule has 0 amide bonds. The minimum absolute atomic E-state index is 0.794. The van der Waals surface area contributed by atoms with Crippen LogP contribution in [0.25, 0.3) is 0 Å². The third-order valence-corrected chi connectivity index (χ3v) is 3.99. The smallest absolute Gasteiger partial charge is 0.0195 e. The molecule has 0 aromatic rings. The Morgan fingerprint density at radius 3 is 2.87 bits per heavy atom. The Labute approximate surface area is 94.4 Å². The lowest BCUT2D eigenvalue weighted by molar-refractivity contribution is 0.128. The quantitative estimate of drug-likeness (QED) is 0.766. The van der Waals surface area contributed by atoms with Crippen LogP contribution in [0.15, 0.2) is 0 Å². The average Bonchev–Trinajstić information content (AvgIpc) is 2.74. The van der Waals surface area contributed by atoms with Crippen molar-refractivity contribution >= 4 is 0 Å². The lowest BCUT2D eigenvalue weighted by Crippen LogP contribution is -2.45. The normalized spacial score (nSPS) is 33.4. The average molecular weight is 210 g/mol. The van der Waals surface area contributed by atoms with Gasteiger partial charge in [0.2, 0.25) is 0 Å². The summed E-state index contributed by atoms with van der Waals surface area (Å²) in [4.78, 5) is 2.76. The molecule has 2 fully saturated rings. The van der Waals surface area contributed by atoms with Gasteiger partial charge in [-0.05, 0) is 45.2 Å². The zero-order valence-corrected chi connectivity index (χ0v) is 10.2. The summed E-state index contributed by atoms with van der Waals surface area (Å²) < 4.78 is 0. The van der Waals surface area contributed by atoms with Crippen molar-refractivity contribution < 1.29 is 0 Å². The van der Waals surface area contributed by atoms with E-state index in [1.165, 1.54) is 64.6 Å². The molecule has 1 N–H and O–H groups in total. The van der Waals surface area contributed by atoms with Gasteiger partial charge in [0.05, 0.1) is 0 Å². The Balaban J connectivity index is 1.80. The predicted molar refractivity (Wildman–Crippen MR) is 65.1 cm³/mol. The van der Waals surface area contributed by atoms with Crippen molar-refractivity contribution in [2.75, 3.05) is 19.6 Å². The fraction of sp³-hybridized carbons (Fsp3) is 1.00. The lowest BCUT2D eigenvalue weighted by Gasteiger charge is -2.37. The number of nitrogens with zero attached hydrogens (tertiary/aromatic N) is 1. The third-order valence-electron chi connectivity index (χ3n) is 3.99. The van der Waals surface area contributed by atoms with Gasteiger partial charge < -0.3 is 5.32 Å². The zero-order chi connectivity index (χ0) is 10.5. The van der Waals surface area contributed by atoms with Crippen molar-refractivity contribution in [3.8, 4) is 0 Å². The largest absolute Gasteiger partial charge is 0.313 e. The summed E-state index contributed by atoms with van der Waals surface area (Å²) in [7, 11) is 0. The first-order chi connectivity index (χ1) is 7.40. The molecular weight excluding hydrogens is 184 g/mol. The Kier molecular flexibility index (Phi) is 4.45. The van der Waals surface area contributed by atoms with Crippen molar-refractivity contribution in [3.63, 3.8) is 0 Å². The van der Waals surface area contributed by atoms with E-state index in [9.17, 15) is 0 Å². The van der Waals surface area contributed by atoms with Crippen LogP contribution in [-0.2, 0) is 0 Å². The van der Waals surface area contributed by atoms with Crippen LogP contribution in [0.2, 0.25) is 0 Å². The van der Waals surface area contributed by atoms with Crippen LogP contribution < -0.4 is 5.32 Å². The molecule has 0 saturated carbocycles. The highest BCUT2D eigenvalue weighted by Gasteiger charge is 2.25. The van der Waals surface area contributed by atoms with Gasteiger partial charge in [-0.3, -0.25) is 4.90 Å². The SMILES string of the molecule is CCCC1CCCCN1CC1CCCN1. The summed E-state index contributed by atoms with van der Waals surface area (Å²) in [6.45, 7) is 6.23. The number of nitrogens with one attached hydrogen (secondary N) is 1. The second-order valence-corrected chi connectivity index (χ2v) is 5.23. The minimum Gasteiger partial charge on any atom is -0.313 e. The van der Waals surface area contributed by atoms with Gasteiger partial charge >= 0.3 is 0 Å². The van der Waals surface area contributed by atoms with Gasteiger partial charge in [0.15, 0.2) is 0 Å². The van der Waals surface area contributed by atoms with Gasteiger partial charge in [-0.25, -0.2) is 0 Å². The molecule has 2 heteroatoms. The van der Waals surface area contributed by atoms with E-state index in [1.54, 1.807) is 0 Å². The molecule has 2 aliphatic rings. The van der Waals surface area contributed by atoms with E-state index in [0.717, 1.165) is 12.1 Å². The first-order valence-electron chi connectivity index (χ1n) is 6.87. The molecule has 0 bridgehead atoms. The maximum atomic E-state index is 3.62. The van der Waals surface area contributed by atoms with E-state index in [0.29, 0.717) is 0 Å². The third kappa shape index (κ3) is 3.18. The molecule has 2 aliphatic heterocycles. The van der Waals surface area contributed by atoms with Gasteiger partial charge in [-0.15, -0.1) is 0 Å². The molecule has 2 nitrogen and oxygen atoms in total. The van der Waals surface area contributed by atoms with Crippen LogP contribution in [0.4, 0.5) is 0 Å². The van der Waals surface area contributed by atoms with E-state index in [2.05, 4.69) is 17.1 Å². The number of hydrogen-bond acceptors (Lipinski definition) is 2. The van der Waals surface area contributed by atoms with Crippen LogP contribution in [0.3, 0.4) is 0 Å². The van der Waals surface area contributed by atoms with Crippen molar-refractivity contribution in [1.82, 2.24) is 10.2 Å². The number of piperidine rings is 1. The molecule has 2 unspecified atom stereocenters. The molecular formula is C13H26N2. The van der Waals surface area contributed by atoms with Crippen LogP contribution >= 0.6 is 0 Å². The van der Waals surface area contributed by atoms with Crippen molar-refractivity contribution in [3.05, 3.63) is 0 Å². The minimum atomic E-state index is 0.794. The van der Waals surface area contributed by atoms with Crippen LogP contribution in [0, 0.1) is 0 Å². The van der Waals surface area contributed by atoms with Gasteiger partial charge in [-0.1, -0.05) is 19.8 Å². The highest BCUT2D eigenvalue weighted by atomic mass is 15.2. The maximum absolute atomic E-state index is 3.62.